The number of ether oxygens (including phenoxy) is 2. The Hall–Kier alpha value is -0.850. The number of carbonyl (C=O) groups excluding carboxylic acids is 1. The zero-order valence-corrected chi connectivity index (χ0v) is 11.8. The second kappa shape index (κ2) is 5.64. The average Bonchev–Trinajstić information content (AvgIpc) is 2.70. The lowest BCUT2D eigenvalue weighted by atomic mass is 9.92. The molecule has 1 N–H and O–H groups in total. The van der Waals surface area contributed by atoms with Gasteiger partial charge in [0.2, 0.25) is 0 Å². The Morgan fingerprint density at radius 3 is 2.74 bits per heavy atom. The van der Waals surface area contributed by atoms with Crippen molar-refractivity contribution in [3.8, 4) is 0 Å². The van der Waals surface area contributed by atoms with Gasteiger partial charge in [0.15, 0.2) is 6.29 Å². The van der Waals surface area contributed by atoms with Crippen LogP contribution in [0.3, 0.4) is 0 Å². The van der Waals surface area contributed by atoms with Gasteiger partial charge < -0.3 is 14.6 Å². The third-order valence-corrected chi connectivity index (χ3v) is 3.29. The maximum Gasteiger partial charge on any atom is 0.434 e. The summed E-state index contributed by atoms with van der Waals surface area (Å²) in [7, 11) is 0. The van der Waals surface area contributed by atoms with Crippen LogP contribution in [0.4, 0.5) is 4.79 Å². The largest absolute Gasteiger partial charge is 0.442 e. The summed E-state index contributed by atoms with van der Waals surface area (Å²) in [5.74, 6) is 0.193. The molecule has 0 bridgehead atoms. The lowest BCUT2D eigenvalue weighted by molar-refractivity contribution is -0.211. The van der Waals surface area contributed by atoms with Crippen molar-refractivity contribution in [1.29, 1.82) is 0 Å². The topological polar surface area (TPSA) is 68.2 Å². The van der Waals surface area contributed by atoms with Crippen LogP contribution in [-0.4, -0.2) is 47.4 Å². The van der Waals surface area contributed by atoms with Crippen molar-refractivity contribution in [3.63, 3.8) is 0 Å². The molecule has 2 aliphatic rings. The minimum Gasteiger partial charge on any atom is -0.442 e. The van der Waals surface area contributed by atoms with E-state index >= 15 is 0 Å². The van der Waals surface area contributed by atoms with Crippen molar-refractivity contribution in [1.82, 2.24) is 5.06 Å². The van der Waals surface area contributed by atoms with Crippen LogP contribution in [0.25, 0.3) is 0 Å². The van der Waals surface area contributed by atoms with E-state index in [1.165, 1.54) is 5.06 Å². The maximum atomic E-state index is 12.1. The third kappa shape index (κ3) is 3.81. The van der Waals surface area contributed by atoms with Crippen LogP contribution in [-0.2, 0) is 14.3 Å². The van der Waals surface area contributed by atoms with E-state index in [0.29, 0.717) is 13.0 Å². The van der Waals surface area contributed by atoms with Gasteiger partial charge in [0, 0.05) is 18.9 Å². The summed E-state index contributed by atoms with van der Waals surface area (Å²) in [5, 5.41) is 10.8. The van der Waals surface area contributed by atoms with Crippen LogP contribution >= 0.6 is 0 Å². The lowest BCUT2D eigenvalue weighted by Crippen LogP contribution is -2.44. The predicted octanol–water partition coefficient (Wildman–Crippen LogP) is 1.67. The summed E-state index contributed by atoms with van der Waals surface area (Å²) < 4.78 is 10.7. The molecule has 6 heteroatoms. The SMILES string of the molecule is CC(C)(C)OC(=O)N1OC(O)CC1C1CCCOC1. The Kier molecular flexibility index (Phi) is 4.32. The normalized spacial score (nSPS) is 32.4. The van der Waals surface area contributed by atoms with Crippen LogP contribution in [0.2, 0.25) is 0 Å². The average molecular weight is 273 g/mol. The van der Waals surface area contributed by atoms with Crippen molar-refractivity contribution in [3.05, 3.63) is 0 Å². The van der Waals surface area contributed by atoms with Crippen molar-refractivity contribution >= 4 is 6.09 Å². The molecule has 2 saturated heterocycles. The van der Waals surface area contributed by atoms with Gasteiger partial charge in [-0.1, -0.05) is 0 Å². The monoisotopic (exact) mass is 273 g/mol. The van der Waals surface area contributed by atoms with Crippen LogP contribution in [0.1, 0.15) is 40.0 Å². The number of rotatable bonds is 1. The summed E-state index contributed by atoms with van der Waals surface area (Å²) in [6, 6.07) is -0.176. The summed E-state index contributed by atoms with van der Waals surface area (Å²) in [6.07, 6.45) is 0.867. The second-order valence-corrected chi connectivity index (χ2v) is 6.15. The summed E-state index contributed by atoms with van der Waals surface area (Å²) in [6.45, 7) is 6.77. The van der Waals surface area contributed by atoms with E-state index < -0.39 is 18.0 Å². The minimum absolute atomic E-state index is 0.176. The molecule has 110 valence electrons. The zero-order chi connectivity index (χ0) is 14.0. The molecule has 0 aromatic heterocycles. The molecule has 3 unspecified atom stereocenters. The first-order valence-corrected chi connectivity index (χ1v) is 6.81. The second-order valence-electron chi connectivity index (χ2n) is 6.15. The number of hydroxylamine groups is 2. The molecule has 2 rings (SSSR count). The third-order valence-electron chi connectivity index (χ3n) is 3.29. The first kappa shape index (κ1) is 14.6. The first-order valence-electron chi connectivity index (χ1n) is 6.81. The highest BCUT2D eigenvalue weighted by atomic mass is 16.8. The van der Waals surface area contributed by atoms with Crippen LogP contribution in [0.15, 0.2) is 0 Å². The molecular formula is C13H23NO5. The lowest BCUT2D eigenvalue weighted by Gasteiger charge is -2.32. The Bertz CT molecular complexity index is 321. The van der Waals surface area contributed by atoms with Gasteiger partial charge in [-0.3, -0.25) is 0 Å². The fourth-order valence-electron chi connectivity index (χ4n) is 2.49. The Morgan fingerprint density at radius 1 is 1.42 bits per heavy atom. The number of aliphatic hydroxyl groups is 1. The van der Waals surface area contributed by atoms with Gasteiger partial charge in [-0.2, -0.15) is 5.06 Å². The number of hydrogen-bond donors (Lipinski definition) is 1. The molecule has 6 nitrogen and oxygen atoms in total. The van der Waals surface area contributed by atoms with Crippen LogP contribution < -0.4 is 0 Å². The van der Waals surface area contributed by atoms with E-state index in [9.17, 15) is 9.90 Å². The van der Waals surface area contributed by atoms with Gasteiger partial charge >= 0.3 is 6.09 Å². The number of aliphatic hydroxyl groups excluding tert-OH is 1. The Balaban J connectivity index is 2.02. The molecule has 0 aliphatic carbocycles. The maximum absolute atomic E-state index is 12.1. The highest BCUT2D eigenvalue weighted by Gasteiger charge is 2.43. The smallest absolute Gasteiger partial charge is 0.434 e. The number of nitrogens with zero attached hydrogens (tertiary/aromatic N) is 1. The molecule has 1 amide bonds. The van der Waals surface area contributed by atoms with Crippen LogP contribution in [0.5, 0.6) is 0 Å². The number of hydrogen-bond acceptors (Lipinski definition) is 5. The van der Waals surface area contributed by atoms with Gasteiger partial charge in [-0.15, -0.1) is 0 Å². The molecule has 0 radical (unpaired) electrons. The van der Waals surface area contributed by atoms with Crippen LogP contribution in [0, 0.1) is 5.92 Å². The zero-order valence-electron chi connectivity index (χ0n) is 11.8. The van der Waals surface area contributed by atoms with Crippen molar-refractivity contribution in [2.24, 2.45) is 5.92 Å². The van der Waals surface area contributed by atoms with Crippen molar-refractivity contribution < 1.29 is 24.2 Å². The quantitative estimate of drug-likeness (QED) is 0.787. The van der Waals surface area contributed by atoms with E-state index in [2.05, 4.69) is 0 Å². The van der Waals surface area contributed by atoms with Gasteiger partial charge in [-0.25, -0.2) is 9.63 Å². The fraction of sp³-hybridized carbons (Fsp3) is 0.923. The van der Waals surface area contributed by atoms with Crippen molar-refractivity contribution in [2.75, 3.05) is 13.2 Å². The van der Waals surface area contributed by atoms with Crippen molar-refractivity contribution in [2.45, 2.75) is 58.0 Å². The molecule has 0 spiro atoms. The number of amides is 1. The molecule has 0 aromatic rings. The first-order chi connectivity index (χ1) is 8.87. The predicted molar refractivity (Wildman–Crippen MR) is 67.1 cm³/mol. The molecule has 2 fully saturated rings. The summed E-state index contributed by atoms with van der Waals surface area (Å²) >= 11 is 0. The van der Waals surface area contributed by atoms with Gasteiger partial charge in [0.25, 0.3) is 0 Å². The van der Waals surface area contributed by atoms with Gasteiger partial charge in [-0.05, 0) is 33.6 Å². The molecule has 19 heavy (non-hydrogen) atoms. The standard InChI is InChI=1S/C13H23NO5/c1-13(2,3)18-12(16)14-10(7-11(15)19-14)9-5-4-6-17-8-9/h9-11,15H,4-8H2,1-3H3. The molecule has 2 heterocycles. The Morgan fingerprint density at radius 2 is 2.16 bits per heavy atom. The Labute approximate surface area is 113 Å². The molecular weight excluding hydrogens is 250 g/mol. The molecule has 0 aromatic carbocycles. The highest BCUT2D eigenvalue weighted by Crippen LogP contribution is 2.31. The van der Waals surface area contributed by atoms with Gasteiger partial charge in [0.1, 0.15) is 5.60 Å². The molecule has 3 atom stereocenters. The molecule has 2 aliphatic heterocycles. The van der Waals surface area contributed by atoms with E-state index in [1.807, 2.05) is 0 Å². The molecule has 0 saturated carbocycles. The van der Waals surface area contributed by atoms with E-state index in [0.717, 1.165) is 19.4 Å². The fourth-order valence-corrected chi connectivity index (χ4v) is 2.49. The summed E-state index contributed by atoms with van der Waals surface area (Å²) in [4.78, 5) is 17.3. The number of carbonyl (C=O) groups is 1. The van der Waals surface area contributed by atoms with E-state index in [-0.39, 0.29) is 12.0 Å². The summed E-state index contributed by atoms with van der Waals surface area (Å²) in [5.41, 5.74) is -0.582. The van der Waals surface area contributed by atoms with E-state index in [4.69, 9.17) is 14.3 Å². The van der Waals surface area contributed by atoms with E-state index in [1.54, 1.807) is 20.8 Å². The highest BCUT2D eigenvalue weighted by molar-refractivity contribution is 5.67. The minimum atomic E-state index is -0.945. The van der Waals surface area contributed by atoms with Gasteiger partial charge in [0.05, 0.1) is 12.6 Å².